The minimum Gasteiger partial charge on any atom is -0.489 e. The van der Waals surface area contributed by atoms with Crippen LogP contribution in [0.25, 0.3) is 0 Å². The van der Waals surface area contributed by atoms with Gasteiger partial charge in [-0.3, -0.25) is 9.69 Å². The highest BCUT2D eigenvalue weighted by atomic mass is 35.5. The van der Waals surface area contributed by atoms with Crippen molar-refractivity contribution in [2.24, 2.45) is 5.92 Å². The van der Waals surface area contributed by atoms with Gasteiger partial charge < -0.3 is 9.84 Å². The van der Waals surface area contributed by atoms with Gasteiger partial charge in [0.2, 0.25) is 0 Å². The molecule has 1 atom stereocenters. The molecule has 7 heteroatoms. The summed E-state index contributed by atoms with van der Waals surface area (Å²) in [5.74, 6) is -0.499. The van der Waals surface area contributed by atoms with E-state index in [4.69, 9.17) is 33.0 Å². The van der Waals surface area contributed by atoms with E-state index in [1.54, 1.807) is 18.2 Å². The van der Waals surface area contributed by atoms with Crippen LogP contribution < -0.4 is 4.74 Å². The smallest absolute Gasteiger partial charge is 0.307 e. The number of carboxylic acids is 1. The van der Waals surface area contributed by atoms with Crippen LogP contribution in [0.5, 0.6) is 5.75 Å². The molecule has 0 aromatic heterocycles. The third kappa shape index (κ3) is 4.42. The summed E-state index contributed by atoms with van der Waals surface area (Å²) < 4.78 is 5.57. The number of hydrogen-bond acceptors (Lipinski definition) is 3. The maximum absolute atomic E-state index is 10.8. The number of hydrogen-bond donors (Lipinski definition) is 1. The van der Waals surface area contributed by atoms with Crippen molar-refractivity contribution in [2.75, 3.05) is 26.2 Å². The standard InChI is InChI=1S/C13H15Cl2NO3.ClH/c14-10-2-1-3-11(15)12(10)19-7-6-16-5-4-9(8-16)13(17)18;/h1-3,9H,4-8H2,(H,17,18);1H. The second-order valence-electron chi connectivity index (χ2n) is 4.52. The number of carbonyl (C=O) groups is 1. The number of para-hydroxylation sites is 1. The first-order valence-electron chi connectivity index (χ1n) is 6.10. The summed E-state index contributed by atoms with van der Waals surface area (Å²) in [4.78, 5) is 12.9. The Balaban J connectivity index is 0.00000200. The molecule has 1 fully saturated rings. The van der Waals surface area contributed by atoms with Crippen molar-refractivity contribution in [3.63, 3.8) is 0 Å². The molecule has 0 amide bonds. The monoisotopic (exact) mass is 339 g/mol. The molecule has 2 rings (SSSR count). The maximum atomic E-state index is 10.8. The molecule has 0 saturated carbocycles. The average Bonchev–Trinajstić information content (AvgIpc) is 2.82. The van der Waals surface area contributed by atoms with Gasteiger partial charge in [-0.25, -0.2) is 0 Å². The van der Waals surface area contributed by atoms with Gasteiger partial charge in [-0.1, -0.05) is 29.3 Å². The van der Waals surface area contributed by atoms with Gasteiger partial charge in [0.15, 0.2) is 5.75 Å². The Bertz CT molecular complexity index is 450. The highest BCUT2D eigenvalue weighted by Gasteiger charge is 2.27. The zero-order valence-corrected chi connectivity index (χ0v) is 13.0. The quantitative estimate of drug-likeness (QED) is 0.894. The Labute approximate surface area is 134 Å². The Kier molecular flexibility index (Phi) is 6.89. The second kappa shape index (κ2) is 7.93. The van der Waals surface area contributed by atoms with Crippen molar-refractivity contribution in [3.8, 4) is 5.75 Å². The van der Waals surface area contributed by atoms with E-state index >= 15 is 0 Å². The number of rotatable bonds is 5. The van der Waals surface area contributed by atoms with E-state index in [2.05, 4.69) is 4.90 Å². The fourth-order valence-electron chi connectivity index (χ4n) is 2.13. The van der Waals surface area contributed by atoms with Crippen LogP contribution in [0.3, 0.4) is 0 Å². The van der Waals surface area contributed by atoms with E-state index in [0.29, 0.717) is 41.9 Å². The van der Waals surface area contributed by atoms with Crippen LogP contribution in [-0.4, -0.2) is 42.2 Å². The van der Waals surface area contributed by atoms with E-state index < -0.39 is 5.97 Å². The molecule has 0 radical (unpaired) electrons. The van der Waals surface area contributed by atoms with Crippen molar-refractivity contribution in [2.45, 2.75) is 6.42 Å². The molecule has 0 bridgehead atoms. The molecule has 1 aliphatic rings. The van der Waals surface area contributed by atoms with Crippen molar-refractivity contribution in [1.29, 1.82) is 0 Å². The molecule has 1 unspecified atom stereocenters. The van der Waals surface area contributed by atoms with Crippen LogP contribution in [0.1, 0.15) is 6.42 Å². The fraction of sp³-hybridized carbons (Fsp3) is 0.462. The summed E-state index contributed by atoms with van der Waals surface area (Å²) in [5, 5.41) is 9.88. The number of ether oxygens (including phenoxy) is 1. The SMILES string of the molecule is Cl.O=C(O)C1CCN(CCOc2c(Cl)cccc2Cl)C1. The third-order valence-electron chi connectivity index (χ3n) is 3.19. The molecular formula is C13H16Cl3NO3. The van der Waals surface area contributed by atoms with Gasteiger partial charge in [0.25, 0.3) is 0 Å². The maximum Gasteiger partial charge on any atom is 0.307 e. The van der Waals surface area contributed by atoms with Crippen LogP contribution in [0.15, 0.2) is 18.2 Å². The van der Waals surface area contributed by atoms with Crippen LogP contribution >= 0.6 is 35.6 Å². The molecule has 112 valence electrons. The lowest BCUT2D eigenvalue weighted by molar-refractivity contribution is -0.141. The summed E-state index contributed by atoms with van der Waals surface area (Å²) in [6.45, 7) is 2.48. The van der Waals surface area contributed by atoms with E-state index in [-0.39, 0.29) is 18.3 Å². The molecule has 0 spiro atoms. The first-order valence-corrected chi connectivity index (χ1v) is 6.85. The largest absolute Gasteiger partial charge is 0.489 e. The lowest BCUT2D eigenvalue weighted by atomic mass is 10.1. The third-order valence-corrected chi connectivity index (χ3v) is 3.79. The van der Waals surface area contributed by atoms with Crippen LogP contribution in [0.4, 0.5) is 0 Å². The van der Waals surface area contributed by atoms with E-state index in [0.717, 1.165) is 6.54 Å². The predicted molar refractivity (Wildman–Crippen MR) is 81.4 cm³/mol. The van der Waals surface area contributed by atoms with Gasteiger partial charge in [-0.2, -0.15) is 0 Å². The van der Waals surface area contributed by atoms with Crippen LogP contribution in [-0.2, 0) is 4.79 Å². The average molecular weight is 341 g/mol. The number of nitrogens with zero attached hydrogens (tertiary/aromatic N) is 1. The summed E-state index contributed by atoms with van der Waals surface area (Å²) in [7, 11) is 0. The Hall–Kier alpha value is -0.680. The molecule has 1 saturated heterocycles. The molecule has 1 aliphatic heterocycles. The van der Waals surface area contributed by atoms with Gasteiger partial charge in [0.1, 0.15) is 6.61 Å². The summed E-state index contributed by atoms with van der Waals surface area (Å²) in [6.07, 6.45) is 0.697. The number of benzene rings is 1. The minimum atomic E-state index is -0.724. The summed E-state index contributed by atoms with van der Waals surface area (Å²) in [6, 6.07) is 5.20. The number of carboxylic acid groups (broad SMARTS) is 1. The zero-order chi connectivity index (χ0) is 13.8. The summed E-state index contributed by atoms with van der Waals surface area (Å²) in [5.41, 5.74) is 0. The Morgan fingerprint density at radius 1 is 1.40 bits per heavy atom. The van der Waals surface area contributed by atoms with Crippen molar-refractivity contribution >= 4 is 41.6 Å². The lowest BCUT2D eigenvalue weighted by Crippen LogP contribution is -2.27. The van der Waals surface area contributed by atoms with Crippen LogP contribution in [0.2, 0.25) is 10.0 Å². The first-order chi connectivity index (χ1) is 9.08. The van der Waals surface area contributed by atoms with Crippen LogP contribution in [0, 0.1) is 5.92 Å². The van der Waals surface area contributed by atoms with Gasteiger partial charge >= 0.3 is 5.97 Å². The molecule has 1 aromatic rings. The highest BCUT2D eigenvalue weighted by Crippen LogP contribution is 2.32. The predicted octanol–water partition coefficient (Wildman–Crippen LogP) is 3.20. The van der Waals surface area contributed by atoms with Gasteiger partial charge in [-0.05, 0) is 25.1 Å². The Morgan fingerprint density at radius 2 is 2.05 bits per heavy atom. The number of likely N-dealkylation sites (tertiary alicyclic amines) is 1. The molecule has 0 aliphatic carbocycles. The minimum absolute atomic E-state index is 0. The van der Waals surface area contributed by atoms with Crippen molar-refractivity contribution in [3.05, 3.63) is 28.2 Å². The Morgan fingerprint density at radius 3 is 2.60 bits per heavy atom. The van der Waals surface area contributed by atoms with E-state index in [1.807, 2.05) is 0 Å². The van der Waals surface area contributed by atoms with Gasteiger partial charge in [0.05, 0.1) is 16.0 Å². The molecule has 1 N–H and O–H groups in total. The molecule has 4 nitrogen and oxygen atoms in total. The number of aliphatic carboxylic acids is 1. The van der Waals surface area contributed by atoms with E-state index in [1.165, 1.54) is 0 Å². The lowest BCUT2D eigenvalue weighted by Gasteiger charge is -2.16. The fourth-order valence-corrected chi connectivity index (χ4v) is 2.64. The zero-order valence-electron chi connectivity index (χ0n) is 10.7. The van der Waals surface area contributed by atoms with E-state index in [9.17, 15) is 4.79 Å². The van der Waals surface area contributed by atoms with Crippen molar-refractivity contribution < 1.29 is 14.6 Å². The van der Waals surface area contributed by atoms with Gasteiger partial charge in [0, 0.05) is 13.1 Å². The molecule has 1 heterocycles. The normalized spacial score (nSPS) is 18.6. The van der Waals surface area contributed by atoms with Crippen molar-refractivity contribution in [1.82, 2.24) is 4.90 Å². The topological polar surface area (TPSA) is 49.8 Å². The van der Waals surface area contributed by atoms with Gasteiger partial charge in [-0.15, -0.1) is 12.4 Å². The molecule has 20 heavy (non-hydrogen) atoms. The summed E-state index contributed by atoms with van der Waals surface area (Å²) >= 11 is 12.0. The molecule has 1 aromatic carbocycles. The molecular weight excluding hydrogens is 325 g/mol. The second-order valence-corrected chi connectivity index (χ2v) is 5.34. The number of halogens is 3. The highest BCUT2D eigenvalue weighted by molar-refractivity contribution is 6.37. The first kappa shape index (κ1) is 17.4.